The van der Waals surface area contributed by atoms with Gasteiger partial charge in [0.1, 0.15) is 5.75 Å². The van der Waals surface area contributed by atoms with Gasteiger partial charge >= 0.3 is 0 Å². The van der Waals surface area contributed by atoms with Crippen molar-refractivity contribution >= 4 is 5.69 Å². The zero-order chi connectivity index (χ0) is 13.7. The van der Waals surface area contributed by atoms with Crippen LogP contribution >= 0.6 is 0 Å². The molecular formula is C15H26N2O. The van der Waals surface area contributed by atoms with Crippen LogP contribution in [-0.4, -0.2) is 27.2 Å². The maximum Gasteiger partial charge on any atom is 0.145 e. The Balaban J connectivity index is 3.03. The van der Waals surface area contributed by atoms with Crippen molar-refractivity contribution in [2.75, 3.05) is 32.1 Å². The summed E-state index contributed by atoms with van der Waals surface area (Å²) in [6.45, 7) is 8.16. The number of hydrogen-bond donors (Lipinski definition) is 1. The highest BCUT2D eigenvalue weighted by molar-refractivity contribution is 5.67. The molecular weight excluding hydrogens is 224 g/mol. The van der Waals surface area contributed by atoms with E-state index < -0.39 is 0 Å². The number of hydrogen-bond acceptors (Lipinski definition) is 3. The van der Waals surface area contributed by atoms with Crippen LogP contribution in [0.4, 0.5) is 5.69 Å². The van der Waals surface area contributed by atoms with Crippen molar-refractivity contribution in [1.29, 1.82) is 0 Å². The first kappa shape index (κ1) is 14.8. The predicted molar refractivity (Wildman–Crippen MR) is 78.8 cm³/mol. The normalized spacial score (nSPS) is 10.6. The van der Waals surface area contributed by atoms with Gasteiger partial charge in [-0.25, -0.2) is 0 Å². The topological polar surface area (TPSA) is 38.5 Å². The summed E-state index contributed by atoms with van der Waals surface area (Å²) in [6, 6.07) is 2.23. The molecule has 0 heterocycles. The number of nitrogens with zero attached hydrogens (tertiary/aromatic N) is 1. The molecule has 18 heavy (non-hydrogen) atoms. The van der Waals surface area contributed by atoms with Crippen molar-refractivity contribution in [1.82, 2.24) is 0 Å². The van der Waals surface area contributed by atoms with Crippen LogP contribution in [0, 0.1) is 20.8 Å². The highest BCUT2D eigenvalue weighted by Crippen LogP contribution is 2.36. The Morgan fingerprint density at radius 2 is 1.83 bits per heavy atom. The third kappa shape index (κ3) is 3.16. The van der Waals surface area contributed by atoms with Crippen molar-refractivity contribution in [2.24, 2.45) is 5.73 Å². The highest BCUT2D eigenvalue weighted by Gasteiger charge is 2.15. The second-order valence-electron chi connectivity index (χ2n) is 4.93. The summed E-state index contributed by atoms with van der Waals surface area (Å²) in [7, 11) is 3.87. The summed E-state index contributed by atoms with van der Waals surface area (Å²) in [5, 5.41) is 0. The summed E-state index contributed by atoms with van der Waals surface area (Å²) in [6.07, 6.45) is 2.18. The zero-order valence-corrected chi connectivity index (χ0v) is 12.3. The van der Waals surface area contributed by atoms with Gasteiger partial charge in [-0.1, -0.05) is 6.07 Å². The summed E-state index contributed by atoms with van der Waals surface area (Å²) in [4.78, 5) is 2.27. The van der Waals surface area contributed by atoms with Crippen molar-refractivity contribution in [3.63, 3.8) is 0 Å². The summed E-state index contributed by atoms with van der Waals surface area (Å²) >= 11 is 0. The molecule has 0 aliphatic carbocycles. The Bertz CT molecular complexity index is 402. The van der Waals surface area contributed by atoms with Gasteiger partial charge < -0.3 is 15.4 Å². The van der Waals surface area contributed by atoms with Crippen LogP contribution < -0.4 is 15.4 Å². The van der Waals surface area contributed by atoms with E-state index in [2.05, 4.69) is 38.8 Å². The fourth-order valence-corrected chi connectivity index (χ4v) is 2.37. The van der Waals surface area contributed by atoms with Crippen LogP contribution in [-0.2, 0) is 0 Å². The van der Waals surface area contributed by atoms with Gasteiger partial charge in [-0.2, -0.15) is 0 Å². The Labute approximate surface area is 111 Å². The lowest BCUT2D eigenvalue weighted by molar-refractivity contribution is 0.411. The Morgan fingerprint density at radius 1 is 1.17 bits per heavy atom. The maximum atomic E-state index is 5.60. The second kappa shape index (κ2) is 6.64. The summed E-state index contributed by atoms with van der Waals surface area (Å²) in [5.41, 5.74) is 10.5. The molecule has 0 aliphatic rings. The van der Waals surface area contributed by atoms with Crippen LogP contribution in [0.3, 0.4) is 0 Å². The number of benzene rings is 1. The largest absolute Gasteiger partial charge is 0.494 e. The fourth-order valence-electron chi connectivity index (χ4n) is 2.37. The molecule has 3 nitrogen and oxygen atoms in total. The van der Waals surface area contributed by atoms with Gasteiger partial charge in [0.2, 0.25) is 0 Å². The second-order valence-corrected chi connectivity index (χ2v) is 4.93. The summed E-state index contributed by atoms with van der Waals surface area (Å²) in [5.74, 6) is 1.00. The monoisotopic (exact) mass is 250 g/mol. The average molecular weight is 250 g/mol. The van der Waals surface area contributed by atoms with E-state index in [1.165, 1.54) is 22.4 Å². The maximum absolute atomic E-state index is 5.60. The zero-order valence-electron chi connectivity index (χ0n) is 12.3. The minimum atomic E-state index is 0.761. The van der Waals surface area contributed by atoms with E-state index in [9.17, 15) is 0 Å². The predicted octanol–water partition coefficient (Wildman–Crippen LogP) is 2.80. The van der Waals surface area contributed by atoms with Gasteiger partial charge in [-0.05, 0) is 56.8 Å². The molecule has 0 unspecified atom stereocenters. The lowest BCUT2D eigenvalue weighted by atomic mass is 10.0. The molecule has 0 aromatic heterocycles. The van der Waals surface area contributed by atoms with E-state index in [1.807, 2.05) is 0 Å². The molecule has 0 aliphatic heterocycles. The molecule has 0 amide bonds. The van der Waals surface area contributed by atoms with Crippen molar-refractivity contribution in [2.45, 2.75) is 33.6 Å². The van der Waals surface area contributed by atoms with Gasteiger partial charge in [-0.15, -0.1) is 0 Å². The first-order valence-corrected chi connectivity index (χ1v) is 6.59. The van der Waals surface area contributed by atoms with Crippen LogP contribution in [0.1, 0.15) is 29.5 Å². The van der Waals surface area contributed by atoms with Gasteiger partial charge in [0, 0.05) is 13.6 Å². The standard InChI is InChI=1S/C15H26N2O/c1-11-10-12(2)14(15(18-5)13(11)3)17(4)9-7-6-8-16/h10H,6-9,16H2,1-5H3. The first-order chi connectivity index (χ1) is 8.52. The van der Waals surface area contributed by atoms with Gasteiger partial charge in [0.05, 0.1) is 12.8 Å². The fraction of sp³-hybridized carbons (Fsp3) is 0.600. The molecule has 1 rings (SSSR count). The molecule has 0 bridgehead atoms. The number of nitrogens with two attached hydrogens (primary N) is 1. The van der Waals surface area contributed by atoms with E-state index in [0.29, 0.717) is 0 Å². The van der Waals surface area contributed by atoms with Gasteiger partial charge in [0.15, 0.2) is 0 Å². The Hall–Kier alpha value is -1.22. The number of ether oxygens (including phenoxy) is 1. The number of anilines is 1. The molecule has 0 radical (unpaired) electrons. The molecule has 1 aromatic carbocycles. The van der Waals surface area contributed by atoms with E-state index in [1.54, 1.807) is 7.11 Å². The van der Waals surface area contributed by atoms with Crippen LogP contribution in [0.5, 0.6) is 5.75 Å². The van der Waals surface area contributed by atoms with E-state index in [0.717, 1.165) is 31.7 Å². The minimum absolute atomic E-state index is 0.761. The molecule has 0 saturated carbocycles. The molecule has 2 N–H and O–H groups in total. The molecule has 0 atom stereocenters. The van der Waals surface area contributed by atoms with Gasteiger partial charge in [-0.3, -0.25) is 0 Å². The van der Waals surface area contributed by atoms with Crippen LogP contribution in [0.15, 0.2) is 6.07 Å². The minimum Gasteiger partial charge on any atom is -0.494 e. The molecule has 0 spiro atoms. The van der Waals surface area contributed by atoms with E-state index in [-0.39, 0.29) is 0 Å². The van der Waals surface area contributed by atoms with E-state index >= 15 is 0 Å². The Kier molecular flexibility index (Phi) is 5.48. The van der Waals surface area contributed by atoms with Crippen LogP contribution in [0.25, 0.3) is 0 Å². The molecule has 102 valence electrons. The highest BCUT2D eigenvalue weighted by atomic mass is 16.5. The molecule has 1 aromatic rings. The quantitative estimate of drug-likeness (QED) is 0.789. The molecule has 3 heteroatoms. The number of unbranched alkanes of at least 4 members (excludes halogenated alkanes) is 1. The van der Waals surface area contributed by atoms with Crippen molar-refractivity contribution < 1.29 is 4.74 Å². The average Bonchev–Trinajstić information content (AvgIpc) is 2.33. The van der Waals surface area contributed by atoms with E-state index in [4.69, 9.17) is 10.5 Å². The third-order valence-corrected chi connectivity index (χ3v) is 3.49. The lowest BCUT2D eigenvalue weighted by Crippen LogP contribution is -2.21. The molecule has 0 saturated heterocycles. The molecule has 0 fully saturated rings. The first-order valence-electron chi connectivity index (χ1n) is 6.59. The lowest BCUT2D eigenvalue weighted by Gasteiger charge is -2.26. The number of rotatable bonds is 6. The van der Waals surface area contributed by atoms with Gasteiger partial charge in [0.25, 0.3) is 0 Å². The summed E-state index contributed by atoms with van der Waals surface area (Å²) < 4.78 is 5.60. The van der Waals surface area contributed by atoms with Crippen molar-refractivity contribution in [3.8, 4) is 5.75 Å². The van der Waals surface area contributed by atoms with Crippen molar-refractivity contribution in [3.05, 3.63) is 22.8 Å². The smallest absolute Gasteiger partial charge is 0.145 e. The Morgan fingerprint density at radius 3 is 2.39 bits per heavy atom. The number of methoxy groups -OCH3 is 1. The van der Waals surface area contributed by atoms with Crippen LogP contribution in [0.2, 0.25) is 0 Å². The third-order valence-electron chi connectivity index (χ3n) is 3.49. The number of aryl methyl sites for hydroxylation is 2. The SMILES string of the molecule is COc1c(C)c(C)cc(C)c1N(C)CCCCN.